The van der Waals surface area contributed by atoms with Crippen molar-refractivity contribution in [2.75, 3.05) is 0 Å². The molecule has 0 amide bonds. The Morgan fingerprint density at radius 2 is 2.50 bits per heavy atom. The van der Waals surface area contributed by atoms with Gasteiger partial charge in [-0.1, -0.05) is 6.07 Å². The summed E-state index contributed by atoms with van der Waals surface area (Å²) in [6.45, 7) is 0. The van der Waals surface area contributed by atoms with Gasteiger partial charge in [0.05, 0.1) is 0 Å². The van der Waals surface area contributed by atoms with E-state index in [2.05, 4.69) is 4.98 Å². The van der Waals surface area contributed by atoms with Crippen molar-refractivity contribution in [2.24, 2.45) is 0 Å². The van der Waals surface area contributed by atoms with Gasteiger partial charge in [0, 0.05) is 18.0 Å². The molecule has 1 aromatic rings. The van der Waals surface area contributed by atoms with Gasteiger partial charge in [-0.3, -0.25) is 9.78 Å². The van der Waals surface area contributed by atoms with Crippen LogP contribution < -0.4 is 0 Å². The lowest BCUT2D eigenvalue weighted by atomic mass is 10.2. The maximum absolute atomic E-state index is 12.5. The van der Waals surface area contributed by atoms with Crippen LogP contribution in [0.2, 0.25) is 0 Å². The van der Waals surface area contributed by atoms with Crippen LogP contribution in [0.3, 0.4) is 0 Å². The highest BCUT2D eigenvalue weighted by molar-refractivity contribution is 5.59. The molecule has 0 saturated heterocycles. The molecule has 0 radical (unpaired) electrons. The Labute approximate surface area is 57.7 Å². The topological polar surface area (TPSA) is 30.0 Å². The Morgan fingerprint density at radius 1 is 1.70 bits per heavy atom. The summed E-state index contributed by atoms with van der Waals surface area (Å²) in [5.74, 6) is 0. The first-order chi connectivity index (χ1) is 4.84. The number of hydrogen-bond acceptors (Lipinski definition) is 2. The molecule has 0 aliphatic carbocycles. The number of halogens is 1. The number of aromatic nitrogens is 1. The van der Waals surface area contributed by atoms with Crippen molar-refractivity contribution in [1.29, 1.82) is 0 Å². The number of hydrogen-bond donors (Lipinski definition) is 0. The summed E-state index contributed by atoms with van der Waals surface area (Å²) in [6.07, 6.45) is 1.57. The minimum atomic E-state index is -1.53. The van der Waals surface area contributed by atoms with Crippen LogP contribution >= 0.6 is 0 Å². The van der Waals surface area contributed by atoms with E-state index in [-0.39, 0.29) is 6.29 Å². The average molecular weight is 139 g/mol. The maximum atomic E-state index is 12.5. The minimum Gasteiger partial charge on any atom is -0.300 e. The van der Waals surface area contributed by atoms with Gasteiger partial charge in [0.25, 0.3) is 0 Å². The zero-order chi connectivity index (χ0) is 7.40. The van der Waals surface area contributed by atoms with Crippen LogP contribution in [0.15, 0.2) is 24.5 Å². The van der Waals surface area contributed by atoms with Crippen molar-refractivity contribution < 1.29 is 9.18 Å². The molecule has 0 N–H and O–H groups in total. The van der Waals surface area contributed by atoms with E-state index in [1.807, 2.05) is 0 Å². The van der Waals surface area contributed by atoms with Gasteiger partial charge in [-0.15, -0.1) is 0 Å². The summed E-state index contributed by atoms with van der Waals surface area (Å²) < 4.78 is 12.5. The number of alkyl halides is 1. The van der Waals surface area contributed by atoms with Crippen LogP contribution in [0.4, 0.5) is 4.39 Å². The van der Waals surface area contributed by atoms with Gasteiger partial charge < -0.3 is 0 Å². The predicted octanol–water partition coefficient (Wildman–Crippen LogP) is 1.29. The SMILES string of the molecule is O=CC(F)c1cccnc1. The number of rotatable bonds is 2. The second kappa shape index (κ2) is 3.06. The molecule has 0 aromatic carbocycles. The number of pyridine rings is 1. The number of carbonyl (C=O) groups is 1. The largest absolute Gasteiger partial charge is 0.300 e. The molecule has 1 rings (SSSR count). The molecule has 0 fully saturated rings. The third-order valence-electron chi connectivity index (χ3n) is 1.12. The molecule has 10 heavy (non-hydrogen) atoms. The Bertz CT molecular complexity index is 212. The number of nitrogens with zero attached hydrogens (tertiary/aromatic N) is 1. The van der Waals surface area contributed by atoms with Crippen LogP contribution in [0.1, 0.15) is 11.7 Å². The fourth-order valence-corrected chi connectivity index (χ4v) is 0.618. The first-order valence-corrected chi connectivity index (χ1v) is 2.84. The van der Waals surface area contributed by atoms with E-state index in [9.17, 15) is 9.18 Å². The van der Waals surface area contributed by atoms with E-state index in [1.54, 1.807) is 6.07 Å². The third kappa shape index (κ3) is 1.37. The van der Waals surface area contributed by atoms with Gasteiger partial charge in [0.2, 0.25) is 0 Å². The van der Waals surface area contributed by atoms with Crippen LogP contribution in [0, 0.1) is 0 Å². The average Bonchev–Trinajstić information content (AvgIpc) is 2.05. The molecule has 0 saturated carbocycles. The van der Waals surface area contributed by atoms with Crippen molar-refractivity contribution in [3.05, 3.63) is 30.1 Å². The smallest absolute Gasteiger partial charge is 0.182 e. The lowest BCUT2D eigenvalue weighted by Crippen LogP contribution is -1.91. The minimum absolute atomic E-state index is 0.247. The van der Waals surface area contributed by atoms with Crippen molar-refractivity contribution >= 4 is 6.29 Å². The molecular weight excluding hydrogens is 133 g/mol. The first kappa shape index (κ1) is 6.86. The Hall–Kier alpha value is -1.25. The standard InChI is InChI=1S/C7H6FNO/c8-7(5-10)6-2-1-3-9-4-6/h1-5,7H. The van der Waals surface area contributed by atoms with Crippen molar-refractivity contribution in [2.45, 2.75) is 6.17 Å². The van der Waals surface area contributed by atoms with E-state index in [4.69, 9.17) is 0 Å². The van der Waals surface area contributed by atoms with Crippen molar-refractivity contribution in [3.63, 3.8) is 0 Å². The highest BCUT2D eigenvalue weighted by Gasteiger charge is 2.05. The van der Waals surface area contributed by atoms with E-state index >= 15 is 0 Å². The highest BCUT2D eigenvalue weighted by Crippen LogP contribution is 2.11. The molecule has 1 unspecified atom stereocenters. The third-order valence-corrected chi connectivity index (χ3v) is 1.12. The Balaban J connectivity index is 2.84. The van der Waals surface area contributed by atoms with Crippen molar-refractivity contribution in [1.82, 2.24) is 4.98 Å². The van der Waals surface area contributed by atoms with Gasteiger partial charge in [0.1, 0.15) is 0 Å². The first-order valence-electron chi connectivity index (χ1n) is 2.84. The summed E-state index contributed by atoms with van der Waals surface area (Å²) in [7, 11) is 0. The molecule has 0 bridgehead atoms. The molecule has 1 heterocycles. The predicted molar refractivity (Wildman–Crippen MR) is 34.1 cm³/mol. The molecule has 3 heteroatoms. The Morgan fingerprint density at radius 3 is 3.00 bits per heavy atom. The van der Waals surface area contributed by atoms with Gasteiger partial charge in [-0.25, -0.2) is 4.39 Å². The Kier molecular flexibility index (Phi) is 2.10. The zero-order valence-corrected chi connectivity index (χ0v) is 5.20. The second-order valence-corrected chi connectivity index (χ2v) is 1.82. The zero-order valence-electron chi connectivity index (χ0n) is 5.20. The summed E-state index contributed by atoms with van der Waals surface area (Å²) in [4.78, 5) is 13.6. The van der Waals surface area contributed by atoms with E-state index < -0.39 is 6.17 Å². The van der Waals surface area contributed by atoms with Gasteiger partial charge in [-0.05, 0) is 6.07 Å². The van der Waals surface area contributed by atoms with Crippen LogP contribution in [0.5, 0.6) is 0 Å². The molecule has 0 aliphatic rings. The summed E-state index contributed by atoms with van der Waals surface area (Å²) in [6, 6.07) is 3.11. The fraction of sp³-hybridized carbons (Fsp3) is 0.143. The molecule has 0 aliphatic heterocycles. The summed E-state index contributed by atoms with van der Waals surface area (Å²) >= 11 is 0. The quantitative estimate of drug-likeness (QED) is 0.578. The monoisotopic (exact) mass is 139 g/mol. The molecule has 1 aromatic heterocycles. The van der Waals surface area contributed by atoms with E-state index in [0.717, 1.165) is 0 Å². The molecule has 0 spiro atoms. The van der Waals surface area contributed by atoms with Gasteiger partial charge in [-0.2, -0.15) is 0 Å². The fourth-order valence-electron chi connectivity index (χ4n) is 0.618. The molecule has 1 atom stereocenters. The lowest BCUT2D eigenvalue weighted by molar-refractivity contribution is -0.112. The van der Waals surface area contributed by atoms with Crippen LogP contribution in [-0.4, -0.2) is 11.3 Å². The number of aldehydes is 1. The second-order valence-electron chi connectivity index (χ2n) is 1.82. The molecule has 52 valence electrons. The molecular formula is C7H6FNO. The lowest BCUT2D eigenvalue weighted by Gasteiger charge is -1.96. The molecule has 2 nitrogen and oxygen atoms in total. The van der Waals surface area contributed by atoms with E-state index in [0.29, 0.717) is 5.56 Å². The van der Waals surface area contributed by atoms with Crippen LogP contribution in [-0.2, 0) is 4.79 Å². The normalized spacial score (nSPS) is 12.5. The van der Waals surface area contributed by atoms with Gasteiger partial charge >= 0.3 is 0 Å². The maximum Gasteiger partial charge on any atom is 0.182 e. The van der Waals surface area contributed by atoms with Gasteiger partial charge in [0.15, 0.2) is 12.5 Å². The summed E-state index contributed by atoms with van der Waals surface area (Å²) in [5, 5.41) is 0. The van der Waals surface area contributed by atoms with Crippen molar-refractivity contribution in [3.8, 4) is 0 Å². The summed E-state index contributed by atoms with van der Waals surface area (Å²) in [5.41, 5.74) is 0.303. The van der Waals surface area contributed by atoms with Crippen LogP contribution in [0.25, 0.3) is 0 Å². The van der Waals surface area contributed by atoms with E-state index in [1.165, 1.54) is 18.5 Å². The number of carbonyl (C=O) groups excluding carboxylic acids is 1. The highest BCUT2D eigenvalue weighted by atomic mass is 19.1.